The highest BCUT2D eigenvalue weighted by Crippen LogP contribution is 2.28. The van der Waals surface area contributed by atoms with E-state index in [0.717, 1.165) is 23.2 Å². The summed E-state index contributed by atoms with van der Waals surface area (Å²) in [5.41, 5.74) is 3.95. The van der Waals surface area contributed by atoms with Crippen molar-refractivity contribution >= 4 is 17.5 Å². The van der Waals surface area contributed by atoms with Crippen LogP contribution >= 0.6 is 0 Å². The van der Waals surface area contributed by atoms with Gasteiger partial charge in [-0.1, -0.05) is 66.7 Å². The molecule has 8 heteroatoms. The largest absolute Gasteiger partial charge is 0.497 e. The van der Waals surface area contributed by atoms with Gasteiger partial charge in [-0.15, -0.1) is 0 Å². The lowest BCUT2D eigenvalue weighted by molar-refractivity contribution is -0.124. The van der Waals surface area contributed by atoms with Crippen molar-refractivity contribution in [3.05, 3.63) is 131 Å². The molecule has 1 aliphatic rings. The van der Waals surface area contributed by atoms with Gasteiger partial charge in [0.25, 0.3) is 5.91 Å². The molecule has 0 aliphatic carbocycles. The topological polar surface area (TPSA) is 79.9 Å². The zero-order chi connectivity index (χ0) is 29.3. The SMILES string of the molecule is COc1cccc(C(=O)N[C@H](C(=O)N[C@@H](COCc2ccccc2)CN2CCc3cc(F)ccc32)c2ccccc2)c1. The summed E-state index contributed by atoms with van der Waals surface area (Å²) in [5.74, 6) is -0.469. The molecule has 0 bridgehead atoms. The number of anilines is 1. The maximum Gasteiger partial charge on any atom is 0.252 e. The number of carbonyl (C=O) groups is 2. The fourth-order valence-corrected chi connectivity index (χ4v) is 5.14. The first kappa shape index (κ1) is 28.8. The Bertz CT molecular complexity index is 1500. The van der Waals surface area contributed by atoms with Crippen molar-refractivity contribution in [3.8, 4) is 5.75 Å². The van der Waals surface area contributed by atoms with Crippen LogP contribution in [0.2, 0.25) is 0 Å². The van der Waals surface area contributed by atoms with Gasteiger partial charge in [-0.3, -0.25) is 9.59 Å². The van der Waals surface area contributed by atoms with Crippen molar-refractivity contribution in [3.63, 3.8) is 0 Å². The second-order valence-corrected chi connectivity index (χ2v) is 10.2. The molecule has 1 aliphatic heterocycles. The van der Waals surface area contributed by atoms with Crippen LogP contribution in [0.5, 0.6) is 5.75 Å². The minimum absolute atomic E-state index is 0.249. The van der Waals surface area contributed by atoms with Crippen LogP contribution in [0.15, 0.2) is 103 Å². The molecule has 0 fully saturated rings. The predicted molar refractivity (Wildman–Crippen MR) is 160 cm³/mol. The molecule has 0 saturated carbocycles. The standard InChI is InChI=1S/C34H34FN3O4/c1-41-30-14-8-13-27(20-30)33(39)37-32(25-11-6-3-7-12-25)34(40)36-29(23-42-22-24-9-4-2-5-10-24)21-38-18-17-26-19-28(35)15-16-31(26)38/h2-16,19-20,29,32H,17-18,21-23H2,1H3,(H,36,40)(H,37,39)/t29-,32+/m1/s1. The van der Waals surface area contributed by atoms with Crippen LogP contribution in [0.25, 0.3) is 0 Å². The van der Waals surface area contributed by atoms with E-state index >= 15 is 0 Å². The molecule has 4 aromatic carbocycles. The van der Waals surface area contributed by atoms with E-state index in [4.69, 9.17) is 9.47 Å². The number of hydrogen-bond acceptors (Lipinski definition) is 5. The van der Waals surface area contributed by atoms with E-state index in [2.05, 4.69) is 15.5 Å². The number of nitrogens with one attached hydrogen (secondary N) is 2. The lowest BCUT2D eigenvalue weighted by atomic mass is 10.0. The van der Waals surface area contributed by atoms with E-state index in [1.165, 1.54) is 13.2 Å². The summed E-state index contributed by atoms with van der Waals surface area (Å²) in [6, 6.07) is 29.2. The maximum atomic E-state index is 13.9. The molecule has 0 aromatic heterocycles. The number of fused-ring (bicyclic) bond motifs is 1. The van der Waals surface area contributed by atoms with E-state index in [-0.39, 0.29) is 18.3 Å². The Labute approximate surface area is 245 Å². The van der Waals surface area contributed by atoms with Gasteiger partial charge in [0.05, 0.1) is 26.4 Å². The molecule has 2 amide bonds. The zero-order valence-corrected chi connectivity index (χ0v) is 23.5. The number of amides is 2. The van der Waals surface area contributed by atoms with E-state index in [1.807, 2.05) is 60.7 Å². The summed E-state index contributed by atoms with van der Waals surface area (Å²) in [4.78, 5) is 29.3. The van der Waals surface area contributed by atoms with Gasteiger partial charge in [0.1, 0.15) is 17.6 Å². The Morgan fingerprint density at radius 2 is 1.67 bits per heavy atom. The second kappa shape index (κ2) is 13.8. The molecule has 2 N–H and O–H groups in total. The highest BCUT2D eigenvalue weighted by Gasteiger charge is 2.28. The van der Waals surface area contributed by atoms with Crippen LogP contribution < -0.4 is 20.3 Å². The molecule has 1 heterocycles. The third kappa shape index (κ3) is 7.33. The molecule has 42 heavy (non-hydrogen) atoms. The number of carbonyl (C=O) groups excluding carboxylic acids is 2. The van der Waals surface area contributed by atoms with Crippen molar-refractivity contribution in [2.45, 2.75) is 25.1 Å². The van der Waals surface area contributed by atoms with E-state index in [1.54, 1.807) is 36.4 Å². The number of nitrogens with zero attached hydrogens (tertiary/aromatic N) is 1. The quantitative estimate of drug-likeness (QED) is 0.250. The molecule has 0 unspecified atom stereocenters. The predicted octanol–water partition coefficient (Wildman–Crippen LogP) is 5.07. The number of hydrogen-bond donors (Lipinski definition) is 2. The molecule has 7 nitrogen and oxygen atoms in total. The van der Waals surface area contributed by atoms with Crippen molar-refractivity contribution in [2.24, 2.45) is 0 Å². The first-order chi connectivity index (χ1) is 20.5. The lowest BCUT2D eigenvalue weighted by Crippen LogP contribution is -2.50. The average molecular weight is 568 g/mol. The molecule has 0 spiro atoms. The number of ether oxygens (including phenoxy) is 2. The van der Waals surface area contributed by atoms with Gasteiger partial charge < -0.3 is 25.0 Å². The van der Waals surface area contributed by atoms with Crippen LogP contribution in [-0.2, 0) is 22.6 Å². The smallest absolute Gasteiger partial charge is 0.252 e. The van der Waals surface area contributed by atoms with Crippen molar-refractivity contribution < 1.29 is 23.5 Å². The molecule has 4 aromatic rings. The van der Waals surface area contributed by atoms with Crippen LogP contribution in [0.3, 0.4) is 0 Å². The number of benzene rings is 4. The molecule has 0 radical (unpaired) electrons. The van der Waals surface area contributed by atoms with Gasteiger partial charge in [-0.2, -0.15) is 0 Å². The molecule has 0 saturated heterocycles. The normalized spacial score (nSPS) is 13.6. The van der Waals surface area contributed by atoms with Gasteiger partial charge in [0.15, 0.2) is 0 Å². The summed E-state index contributed by atoms with van der Waals surface area (Å²) in [5, 5.41) is 6.03. The van der Waals surface area contributed by atoms with Crippen molar-refractivity contribution in [1.82, 2.24) is 10.6 Å². The Morgan fingerprint density at radius 3 is 2.43 bits per heavy atom. The highest BCUT2D eigenvalue weighted by molar-refractivity contribution is 5.98. The summed E-state index contributed by atoms with van der Waals surface area (Å²) in [7, 11) is 1.53. The molecule has 2 atom stereocenters. The van der Waals surface area contributed by atoms with Gasteiger partial charge in [-0.05, 0) is 59.5 Å². The van der Waals surface area contributed by atoms with Crippen LogP contribution in [0.4, 0.5) is 10.1 Å². The van der Waals surface area contributed by atoms with Crippen LogP contribution in [0, 0.1) is 5.82 Å². The van der Waals surface area contributed by atoms with Gasteiger partial charge in [0, 0.05) is 24.3 Å². The molecule has 216 valence electrons. The molecular formula is C34H34FN3O4. The van der Waals surface area contributed by atoms with Gasteiger partial charge in [-0.25, -0.2) is 4.39 Å². The summed E-state index contributed by atoms with van der Waals surface area (Å²) >= 11 is 0. The van der Waals surface area contributed by atoms with Crippen LogP contribution in [-0.4, -0.2) is 44.7 Å². The monoisotopic (exact) mass is 567 g/mol. The summed E-state index contributed by atoms with van der Waals surface area (Å²) < 4.78 is 25.2. The second-order valence-electron chi connectivity index (χ2n) is 10.2. The third-order valence-electron chi connectivity index (χ3n) is 7.25. The van der Waals surface area contributed by atoms with Crippen molar-refractivity contribution in [1.29, 1.82) is 0 Å². The van der Waals surface area contributed by atoms with E-state index in [9.17, 15) is 14.0 Å². The Hall–Kier alpha value is -4.69. The number of halogens is 1. The van der Waals surface area contributed by atoms with E-state index < -0.39 is 18.0 Å². The minimum atomic E-state index is -0.943. The molecule has 5 rings (SSSR count). The number of methoxy groups -OCH3 is 1. The summed E-state index contributed by atoms with van der Waals surface area (Å²) in [6.45, 7) is 1.81. The van der Waals surface area contributed by atoms with Gasteiger partial charge >= 0.3 is 0 Å². The highest BCUT2D eigenvalue weighted by atomic mass is 19.1. The average Bonchev–Trinajstić information content (AvgIpc) is 3.41. The Morgan fingerprint density at radius 1 is 0.905 bits per heavy atom. The third-order valence-corrected chi connectivity index (χ3v) is 7.25. The van der Waals surface area contributed by atoms with Gasteiger partial charge in [0.2, 0.25) is 5.91 Å². The zero-order valence-electron chi connectivity index (χ0n) is 23.5. The minimum Gasteiger partial charge on any atom is -0.497 e. The summed E-state index contributed by atoms with van der Waals surface area (Å²) in [6.07, 6.45) is 0.724. The molecular weight excluding hydrogens is 533 g/mol. The van der Waals surface area contributed by atoms with Crippen LogP contribution in [0.1, 0.15) is 33.1 Å². The Kier molecular flexibility index (Phi) is 9.46. The maximum absolute atomic E-state index is 13.9. The first-order valence-electron chi connectivity index (χ1n) is 14.0. The number of rotatable bonds is 12. The lowest BCUT2D eigenvalue weighted by Gasteiger charge is -2.29. The Balaban J connectivity index is 1.34. The van der Waals surface area contributed by atoms with E-state index in [0.29, 0.717) is 36.6 Å². The first-order valence-corrected chi connectivity index (χ1v) is 14.0. The van der Waals surface area contributed by atoms with Crippen molar-refractivity contribution in [2.75, 3.05) is 31.7 Å². The fraction of sp³-hybridized carbons (Fsp3) is 0.235. The fourth-order valence-electron chi connectivity index (χ4n) is 5.14.